The number of hydrogen-bond donors (Lipinski definition) is 2. The summed E-state index contributed by atoms with van der Waals surface area (Å²) < 4.78 is 15.0. The monoisotopic (exact) mass is 383 g/mol. The van der Waals surface area contributed by atoms with Crippen molar-refractivity contribution in [3.05, 3.63) is 71.2 Å². The number of aromatic nitrogens is 2. The van der Waals surface area contributed by atoms with Gasteiger partial charge in [-0.25, -0.2) is 9.07 Å². The van der Waals surface area contributed by atoms with Crippen LogP contribution in [0, 0.1) is 12.7 Å². The highest BCUT2D eigenvalue weighted by Crippen LogP contribution is 2.46. The largest absolute Gasteiger partial charge is 0.508 e. The Kier molecular flexibility index (Phi) is 4.39. The van der Waals surface area contributed by atoms with Gasteiger partial charge in [-0.15, -0.1) is 11.8 Å². The standard InChI is InChI=1S/C20H18FN3O2S/c1-11-17-18(13-4-3-5-16(25)10-13)27-12(2)20(26)22-19(17)24(23-11)15-8-6-14(21)7-9-15/h3-10,12,18,25H,1-2H3,(H,22,26)/t12-,18+/m0/s1. The van der Waals surface area contributed by atoms with E-state index in [0.29, 0.717) is 11.5 Å². The summed E-state index contributed by atoms with van der Waals surface area (Å²) in [6, 6.07) is 13.0. The fourth-order valence-electron chi connectivity index (χ4n) is 3.23. The molecule has 0 fully saturated rings. The summed E-state index contributed by atoms with van der Waals surface area (Å²) in [5, 5.41) is 17.0. The lowest BCUT2D eigenvalue weighted by Gasteiger charge is -2.17. The van der Waals surface area contributed by atoms with Crippen LogP contribution in [0.1, 0.15) is 29.0 Å². The lowest BCUT2D eigenvalue weighted by atomic mass is 10.0. The number of anilines is 1. The number of benzene rings is 2. The number of nitrogens with one attached hydrogen (secondary N) is 1. The maximum Gasteiger partial charge on any atom is 0.238 e. The molecule has 0 bridgehead atoms. The number of phenolic OH excluding ortho intramolecular Hbond substituents is 1. The molecule has 0 saturated heterocycles. The molecule has 2 aromatic carbocycles. The van der Waals surface area contributed by atoms with E-state index in [9.17, 15) is 14.3 Å². The third-order valence-corrected chi connectivity index (χ3v) is 5.97. The number of rotatable bonds is 2. The Labute approximate surface area is 160 Å². The molecule has 1 amide bonds. The van der Waals surface area contributed by atoms with Gasteiger partial charge in [-0.1, -0.05) is 12.1 Å². The highest BCUT2D eigenvalue weighted by Gasteiger charge is 2.34. The number of aryl methyl sites for hydroxylation is 1. The van der Waals surface area contributed by atoms with E-state index in [-0.39, 0.29) is 28.0 Å². The summed E-state index contributed by atoms with van der Waals surface area (Å²) in [6.07, 6.45) is 0. The molecule has 0 radical (unpaired) electrons. The van der Waals surface area contributed by atoms with Crippen LogP contribution in [0.15, 0.2) is 48.5 Å². The van der Waals surface area contributed by atoms with Crippen LogP contribution in [0.3, 0.4) is 0 Å². The van der Waals surface area contributed by atoms with Crippen molar-refractivity contribution in [1.82, 2.24) is 9.78 Å². The highest BCUT2D eigenvalue weighted by atomic mass is 32.2. The number of halogens is 1. The minimum absolute atomic E-state index is 0.118. The number of carbonyl (C=O) groups is 1. The molecule has 2 atom stereocenters. The third-order valence-electron chi connectivity index (χ3n) is 4.56. The number of thioether (sulfide) groups is 1. The Balaban J connectivity index is 1.91. The molecule has 0 spiro atoms. The van der Waals surface area contributed by atoms with E-state index in [1.807, 2.05) is 19.9 Å². The summed E-state index contributed by atoms with van der Waals surface area (Å²) in [6.45, 7) is 3.74. The lowest BCUT2D eigenvalue weighted by molar-refractivity contribution is -0.115. The Morgan fingerprint density at radius 1 is 1.22 bits per heavy atom. The van der Waals surface area contributed by atoms with Crippen LogP contribution in [-0.4, -0.2) is 26.0 Å². The van der Waals surface area contributed by atoms with Gasteiger partial charge in [-0.3, -0.25) is 4.79 Å². The maximum atomic E-state index is 13.3. The van der Waals surface area contributed by atoms with Gasteiger partial charge < -0.3 is 10.4 Å². The van der Waals surface area contributed by atoms with Gasteiger partial charge in [0.1, 0.15) is 17.4 Å². The molecular weight excluding hydrogens is 365 g/mol. The number of fused-ring (bicyclic) bond motifs is 1. The van der Waals surface area contributed by atoms with E-state index in [1.54, 1.807) is 35.0 Å². The molecule has 27 heavy (non-hydrogen) atoms. The van der Waals surface area contributed by atoms with E-state index in [1.165, 1.54) is 23.9 Å². The van der Waals surface area contributed by atoms with Crippen molar-refractivity contribution in [2.24, 2.45) is 0 Å². The number of nitrogens with zero attached hydrogens (tertiary/aromatic N) is 2. The van der Waals surface area contributed by atoms with Crippen molar-refractivity contribution in [2.75, 3.05) is 5.32 Å². The SMILES string of the molecule is Cc1nn(-c2ccc(F)cc2)c2c1[C@@H](c1cccc(O)c1)S[C@@H](C)C(=O)N2. The Morgan fingerprint density at radius 3 is 2.67 bits per heavy atom. The van der Waals surface area contributed by atoms with Gasteiger partial charge in [-0.05, 0) is 55.8 Å². The predicted molar refractivity (Wildman–Crippen MR) is 104 cm³/mol. The van der Waals surface area contributed by atoms with E-state index >= 15 is 0 Å². The van der Waals surface area contributed by atoms with Crippen molar-refractivity contribution in [3.63, 3.8) is 0 Å². The fraction of sp³-hybridized carbons (Fsp3) is 0.200. The van der Waals surface area contributed by atoms with Crippen LogP contribution in [0.2, 0.25) is 0 Å². The zero-order chi connectivity index (χ0) is 19.1. The molecule has 2 heterocycles. The number of hydrogen-bond acceptors (Lipinski definition) is 4. The summed E-state index contributed by atoms with van der Waals surface area (Å²) in [5.41, 5.74) is 3.21. The van der Waals surface area contributed by atoms with Crippen LogP contribution in [0.25, 0.3) is 5.69 Å². The Morgan fingerprint density at radius 2 is 1.96 bits per heavy atom. The first-order valence-corrected chi connectivity index (χ1v) is 9.49. The second-order valence-corrected chi connectivity index (χ2v) is 7.93. The molecule has 5 nitrogen and oxygen atoms in total. The van der Waals surface area contributed by atoms with Gasteiger partial charge in [0.15, 0.2) is 0 Å². The molecule has 1 aliphatic rings. The van der Waals surface area contributed by atoms with Crippen molar-refractivity contribution < 1.29 is 14.3 Å². The quantitative estimate of drug-likeness (QED) is 0.696. The Hall–Kier alpha value is -2.80. The number of phenols is 1. The molecular formula is C20H18FN3O2S. The van der Waals surface area contributed by atoms with Crippen LogP contribution < -0.4 is 5.32 Å². The average Bonchev–Trinajstić information content (AvgIpc) is 2.88. The van der Waals surface area contributed by atoms with Crippen LogP contribution in [-0.2, 0) is 4.79 Å². The molecule has 1 aromatic heterocycles. The minimum atomic E-state index is -0.334. The van der Waals surface area contributed by atoms with E-state index in [0.717, 1.165) is 16.8 Å². The second-order valence-electron chi connectivity index (χ2n) is 6.48. The summed E-state index contributed by atoms with van der Waals surface area (Å²) >= 11 is 1.51. The van der Waals surface area contributed by atoms with Crippen LogP contribution >= 0.6 is 11.8 Å². The first-order valence-electron chi connectivity index (χ1n) is 8.55. The van der Waals surface area contributed by atoms with E-state index < -0.39 is 0 Å². The molecule has 0 aliphatic carbocycles. The summed E-state index contributed by atoms with van der Waals surface area (Å²) in [5.74, 6) is 0.301. The van der Waals surface area contributed by atoms with Crippen LogP contribution in [0.4, 0.5) is 10.2 Å². The zero-order valence-corrected chi connectivity index (χ0v) is 15.6. The molecule has 0 unspecified atom stereocenters. The first kappa shape index (κ1) is 17.6. The molecule has 3 aromatic rings. The van der Waals surface area contributed by atoms with E-state index in [2.05, 4.69) is 10.4 Å². The number of amides is 1. The minimum Gasteiger partial charge on any atom is -0.508 e. The first-order chi connectivity index (χ1) is 12.9. The van der Waals surface area contributed by atoms with Crippen molar-refractivity contribution in [3.8, 4) is 11.4 Å². The fourth-order valence-corrected chi connectivity index (χ4v) is 4.54. The topological polar surface area (TPSA) is 67.1 Å². The van der Waals surface area contributed by atoms with Crippen LogP contribution in [0.5, 0.6) is 5.75 Å². The van der Waals surface area contributed by atoms with Gasteiger partial charge in [-0.2, -0.15) is 5.10 Å². The van der Waals surface area contributed by atoms with Crippen molar-refractivity contribution >= 4 is 23.5 Å². The van der Waals surface area contributed by atoms with Gasteiger partial charge in [0.05, 0.1) is 21.9 Å². The second kappa shape index (κ2) is 6.74. The van der Waals surface area contributed by atoms with Gasteiger partial charge >= 0.3 is 0 Å². The molecule has 1 aliphatic heterocycles. The molecule has 138 valence electrons. The average molecular weight is 383 g/mol. The normalized spacial score (nSPS) is 19.3. The molecule has 4 rings (SSSR count). The van der Waals surface area contributed by atoms with E-state index in [4.69, 9.17) is 0 Å². The molecule has 0 saturated carbocycles. The van der Waals surface area contributed by atoms with Gasteiger partial charge in [0, 0.05) is 5.56 Å². The smallest absolute Gasteiger partial charge is 0.238 e. The third kappa shape index (κ3) is 3.19. The number of carbonyl (C=O) groups excluding carboxylic acids is 1. The maximum absolute atomic E-state index is 13.3. The summed E-state index contributed by atoms with van der Waals surface area (Å²) in [7, 11) is 0. The Bertz CT molecular complexity index is 1020. The molecule has 2 N–H and O–H groups in total. The van der Waals surface area contributed by atoms with Gasteiger partial charge in [0.25, 0.3) is 0 Å². The van der Waals surface area contributed by atoms with Crippen molar-refractivity contribution in [1.29, 1.82) is 0 Å². The number of aromatic hydroxyl groups is 1. The lowest BCUT2D eigenvalue weighted by Crippen LogP contribution is -2.22. The predicted octanol–water partition coefficient (Wildman–Crippen LogP) is 4.19. The molecule has 7 heteroatoms. The summed E-state index contributed by atoms with van der Waals surface area (Å²) in [4.78, 5) is 12.6. The van der Waals surface area contributed by atoms with Gasteiger partial charge in [0.2, 0.25) is 5.91 Å². The zero-order valence-electron chi connectivity index (χ0n) is 14.8. The highest BCUT2D eigenvalue weighted by molar-refractivity contribution is 8.01. The van der Waals surface area contributed by atoms with Crippen molar-refractivity contribution in [2.45, 2.75) is 24.3 Å².